The number of rotatable bonds is 2. The molecule has 2 aromatic carbocycles. The first kappa shape index (κ1) is 11.5. The van der Waals surface area contributed by atoms with Crippen LogP contribution >= 0.6 is 11.6 Å². The molecule has 3 nitrogen and oxygen atoms in total. The second-order valence-corrected chi connectivity index (χ2v) is 4.09. The lowest BCUT2D eigenvalue weighted by Crippen LogP contribution is -2.02. The van der Waals surface area contributed by atoms with E-state index in [1.54, 1.807) is 42.5 Å². The van der Waals surface area contributed by atoms with Gasteiger partial charge in [-0.1, -0.05) is 11.6 Å². The van der Waals surface area contributed by atoms with Gasteiger partial charge in [-0.2, -0.15) is 0 Å². The molecule has 4 N–H and O–H groups in total. The standard InChI is InChI=1S/C13H11ClN2O/c14-11-7-9(3-6-12(11)16)13(17)8-1-4-10(15)5-2-8/h1-7H,15-16H2. The first-order valence-electron chi connectivity index (χ1n) is 5.03. The summed E-state index contributed by atoms with van der Waals surface area (Å²) in [6, 6.07) is 11.6. The Balaban J connectivity index is 2.37. The number of carbonyl (C=O) groups is 1. The molecule has 0 aliphatic carbocycles. The van der Waals surface area contributed by atoms with Crippen LogP contribution in [-0.2, 0) is 0 Å². The highest BCUT2D eigenvalue weighted by Crippen LogP contribution is 2.21. The molecule has 2 rings (SSSR count). The van der Waals surface area contributed by atoms with Crippen molar-refractivity contribution < 1.29 is 4.79 Å². The summed E-state index contributed by atoms with van der Waals surface area (Å²) in [6.07, 6.45) is 0. The maximum atomic E-state index is 12.1. The Labute approximate surface area is 104 Å². The number of benzene rings is 2. The van der Waals surface area contributed by atoms with Gasteiger partial charge in [-0.3, -0.25) is 4.79 Å². The fourth-order valence-electron chi connectivity index (χ4n) is 1.47. The van der Waals surface area contributed by atoms with Crippen LogP contribution in [0, 0.1) is 0 Å². The van der Waals surface area contributed by atoms with E-state index in [1.165, 1.54) is 0 Å². The average molecular weight is 247 g/mol. The molecular weight excluding hydrogens is 236 g/mol. The first-order valence-corrected chi connectivity index (χ1v) is 5.41. The van der Waals surface area contributed by atoms with E-state index in [0.29, 0.717) is 27.5 Å². The first-order chi connectivity index (χ1) is 8.08. The molecule has 0 saturated carbocycles. The van der Waals surface area contributed by atoms with E-state index in [9.17, 15) is 4.79 Å². The van der Waals surface area contributed by atoms with Crippen LogP contribution in [0.4, 0.5) is 11.4 Å². The second kappa shape index (κ2) is 4.47. The minimum Gasteiger partial charge on any atom is -0.399 e. The molecule has 2 aromatic rings. The van der Waals surface area contributed by atoms with Crippen molar-refractivity contribution in [2.75, 3.05) is 11.5 Å². The number of hydrogen-bond donors (Lipinski definition) is 2. The van der Waals surface area contributed by atoms with Crippen molar-refractivity contribution in [3.05, 3.63) is 58.6 Å². The van der Waals surface area contributed by atoms with Crippen molar-refractivity contribution in [1.82, 2.24) is 0 Å². The normalized spacial score (nSPS) is 10.2. The number of nitrogens with two attached hydrogens (primary N) is 2. The summed E-state index contributed by atoms with van der Waals surface area (Å²) in [7, 11) is 0. The van der Waals surface area contributed by atoms with Gasteiger partial charge in [0.15, 0.2) is 5.78 Å². The van der Waals surface area contributed by atoms with Gasteiger partial charge in [0.25, 0.3) is 0 Å². The molecule has 0 spiro atoms. The van der Waals surface area contributed by atoms with E-state index < -0.39 is 0 Å². The van der Waals surface area contributed by atoms with Gasteiger partial charge in [-0.05, 0) is 42.5 Å². The fraction of sp³-hybridized carbons (Fsp3) is 0. The molecule has 0 saturated heterocycles. The Hall–Kier alpha value is -2.00. The highest BCUT2D eigenvalue weighted by atomic mass is 35.5. The number of carbonyl (C=O) groups excluding carboxylic acids is 1. The Morgan fingerprint density at radius 1 is 0.941 bits per heavy atom. The molecule has 0 fully saturated rings. The molecule has 0 radical (unpaired) electrons. The quantitative estimate of drug-likeness (QED) is 0.632. The summed E-state index contributed by atoms with van der Waals surface area (Å²) in [6.45, 7) is 0. The van der Waals surface area contributed by atoms with Crippen molar-refractivity contribution in [2.45, 2.75) is 0 Å². The van der Waals surface area contributed by atoms with Gasteiger partial charge in [0.2, 0.25) is 0 Å². The van der Waals surface area contributed by atoms with Crippen LogP contribution in [0.25, 0.3) is 0 Å². The third kappa shape index (κ3) is 2.40. The molecule has 4 heteroatoms. The van der Waals surface area contributed by atoms with Crippen LogP contribution in [0.3, 0.4) is 0 Å². The molecule has 0 aliphatic heterocycles. The van der Waals surface area contributed by atoms with Crippen LogP contribution in [0.1, 0.15) is 15.9 Å². The topological polar surface area (TPSA) is 69.1 Å². The van der Waals surface area contributed by atoms with Crippen molar-refractivity contribution in [3.63, 3.8) is 0 Å². The van der Waals surface area contributed by atoms with E-state index in [4.69, 9.17) is 23.1 Å². The number of nitrogen functional groups attached to an aromatic ring is 2. The molecule has 86 valence electrons. The van der Waals surface area contributed by atoms with Crippen LogP contribution < -0.4 is 11.5 Å². The van der Waals surface area contributed by atoms with Gasteiger partial charge < -0.3 is 11.5 Å². The van der Waals surface area contributed by atoms with Gasteiger partial charge in [-0.25, -0.2) is 0 Å². The monoisotopic (exact) mass is 246 g/mol. The van der Waals surface area contributed by atoms with Crippen molar-refractivity contribution >= 4 is 28.8 Å². The largest absolute Gasteiger partial charge is 0.399 e. The molecule has 17 heavy (non-hydrogen) atoms. The Morgan fingerprint density at radius 2 is 1.53 bits per heavy atom. The highest BCUT2D eigenvalue weighted by molar-refractivity contribution is 6.33. The fourth-order valence-corrected chi connectivity index (χ4v) is 1.65. The van der Waals surface area contributed by atoms with E-state index in [-0.39, 0.29) is 5.78 Å². The van der Waals surface area contributed by atoms with Crippen LogP contribution in [0.2, 0.25) is 5.02 Å². The van der Waals surface area contributed by atoms with Crippen LogP contribution in [-0.4, -0.2) is 5.78 Å². The predicted molar refractivity (Wildman–Crippen MR) is 70.2 cm³/mol. The van der Waals surface area contributed by atoms with Crippen LogP contribution in [0.5, 0.6) is 0 Å². The predicted octanol–water partition coefficient (Wildman–Crippen LogP) is 2.74. The van der Waals surface area contributed by atoms with Crippen molar-refractivity contribution in [3.8, 4) is 0 Å². The maximum absolute atomic E-state index is 12.1. The molecule has 0 amide bonds. The number of ketones is 1. The van der Waals surface area contributed by atoms with Gasteiger partial charge in [-0.15, -0.1) is 0 Å². The zero-order valence-corrected chi connectivity index (χ0v) is 9.74. The lowest BCUT2D eigenvalue weighted by Gasteiger charge is -2.04. The summed E-state index contributed by atoms with van der Waals surface area (Å²) in [4.78, 5) is 12.1. The van der Waals surface area contributed by atoms with Gasteiger partial charge in [0, 0.05) is 16.8 Å². The highest BCUT2D eigenvalue weighted by Gasteiger charge is 2.10. The summed E-state index contributed by atoms with van der Waals surface area (Å²) in [5.74, 6) is -0.105. The lowest BCUT2D eigenvalue weighted by atomic mass is 10.0. The maximum Gasteiger partial charge on any atom is 0.193 e. The molecule has 0 atom stereocenters. The second-order valence-electron chi connectivity index (χ2n) is 3.69. The molecule has 0 unspecified atom stereocenters. The van der Waals surface area contributed by atoms with E-state index in [0.717, 1.165) is 0 Å². The van der Waals surface area contributed by atoms with E-state index in [1.807, 2.05) is 0 Å². The summed E-state index contributed by atoms with van der Waals surface area (Å²) < 4.78 is 0. The zero-order valence-electron chi connectivity index (χ0n) is 8.98. The van der Waals surface area contributed by atoms with Crippen LogP contribution in [0.15, 0.2) is 42.5 Å². The molecule has 0 aliphatic rings. The SMILES string of the molecule is Nc1ccc(C(=O)c2ccc(N)c(Cl)c2)cc1. The van der Waals surface area contributed by atoms with Gasteiger partial charge in [0.05, 0.1) is 10.7 Å². The minimum absolute atomic E-state index is 0.105. The number of hydrogen-bond acceptors (Lipinski definition) is 3. The molecule has 0 aromatic heterocycles. The van der Waals surface area contributed by atoms with E-state index in [2.05, 4.69) is 0 Å². The number of anilines is 2. The third-order valence-corrected chi connectivity index (χ3v) is 2.76. The zero-order chi connectivity index (χ0) is 12.4. The van der Waals surface area contributed by atoms with Gasteiger partial charge in [0.1, 0.15) is 0 Å². The number of halogens is 1. The average Bonchev–Trinajstić information content (AvgIpc) is 2.33. The van der Waals surface area contributed by atoms with Crippen molar-refractivity contribution in [1.29, 1.82) is 0 Å². The summed E-state index contributed by atoms with van der Waals surface area (Å²) in [5.41, 5.74) is 13.3. The third-order valence-electron chi connectivity index (χ3n) is 2.44. The Morgan fingerprint density at radius 3 is 2.12 bits per heavy atom. The van der Waals surface area contributed by atoms with E-state index >= 15 is 0 Å². The Kier molecular flexibility index (Phi) is 3.02. The molecule has 0 heterocycles. The van der Waals surface area contributed by atoms with Crippen molar-refractivity contribution in [2.24, 2.45) is 0 Å². The summed E-state index contributed by atoms with van der Waals surface area (Å²) >= 11 is 5.87. The minimum atomic E-state index is -0.105. The Bertz CT molecular complexity index is 564. The van der Waals surface area contributed by atoms with Gasteiger partial charge >= 0.3 is 0 Å². The smallest absolute Gasteiger partial charge is 0.193 e. The lowest BCUT2D eigenvalue weighted by molar-refractivity contribution is 0.103. The molecular formula is C13H11ClN2O. The summed E-state index contributed by atoms with van der Waals surface area (Å²) in [5, 5.41) is 0.381. The molecule has 0 bridgehead atoms.